The molecule has 0 radical (unpaired) electrons. The molecule has 126 valence electrons. The van der Waals surface area contributed by atoms with Gasteiger partial charge in [0.15, 0.2) is 5.82 Å². The van der Waals surface area contributed by atoms with Crippen molar-refractivity contribution in [3.63, 3.8) is 0 Å². The Hall–Kier alpha value is -3.22. The number of fused-ring (bicyclic) bond motifs is 1. The van der Waals surface area contributed by atoms with Crippen molar-refractivity contribution in [1.29, 1.82) is 0 Å². The molecule has 0 saturated carbocycles. The van der Waals surface area contributed by atoms with E-state index in [4.69, 9.17) is 5.73 Å². The van der Waals surface area contributed by atoms with Crippen LogP contribution in [0.15, 0.2) is 53.4 Å². The van der Waals surface area contributed by atoms with E-state index in [9.17, 15) is 0 Å². The van der Waals surface area contributed by atoms with Gasteiger partial charge in [0.05, 0.1) is 24.3 Å². The number of nitrogen functional groups attached to an aromatic ring is 1. The second kappa shape index (κ2) is 6.35. The average molecular weight is 333 g/mol. The fourth-order valence-electron chi connectivity index (χ4n) is 2.95. The van der Waals surface area contributed by atoms with Gasteiger partial charge in [0.1, 0.15) is 5.52 Å². The number of anilines is 2. The van der Waals surface area contributed by atoms with Crippen LogP contribution in [0.1, 0.15) is 19.0 Å². The zero-order valence-corrected chi connectivity index (χ0v) is 14.0. The molecule has 0 bridgehead atoms. The number of hydrogen-bond donors (Lipinski definition) is 2. The van der Waals surface area contributed by atoms with Crippen molar-refractivity contribution in [3.05, 3.63) is 54.1 Å². The van der Waals surface area contributed by atoms with Gasteiger partial charge < -0.3 is 15.6 Å². The predicted octanol–water partition coefficient (Wildman–Crippen LogP) is 2.62. The van der Waals surface area contributed by atoms with Gasteiger partial charge in [-0.2, -0.15) is 4.98 Å². The summed E-state index contributed by atoms with van der Waals surface area (Å²) >= 11 is 0. The molecule has 3 N–H and O–H groups in total. The Morgan fingerprint density at radius 1 is 1.24 bits per heavy atom. The molecule has 0 atom stereocenters. The number of allylic oxidation sites excluding steroid dienone is 2. The molecule has 3 aromatic rings. The maximum absolute atomic E-state index is 5.87. The lowest BCUT2D eigenvalue weighted by Crippen LogP contribution is -2.15. The number of aromatic nitrogens is 4. The number of pyridine rings is 1. The highest BCUT2D eigenvalue weighted by Gasteiger charge is 2.13. The molecule has 1 aliphatic rings. The van der Waals surface area contributed by atoms with E-state index >= 15 is 0 Å². The van der Waals surface area contributed by atoms with Gasteiger partial charge in [-0.15, -0.1) is 0 Å². The van der Waals surface area contributed by atoms with Gasteiger partial charge >= 0.3 is 0 Å². The van der Waals surface area contributed by atoms with Crippen molar-refractivity contribution >= 4 is 28.5 Å². The first-order chi connectivity index (χ1) is 12.2. The van der Waals surface area contributed by atoms with E-state index in [1.807, 2.05) is 37.4 Å². The zero-order chi connectivity index (χ0) is 17.2. The first-order valence-corrected chi connectivity index (χ1v) is 8.18. The van der Waals surface area contributed by atoms with Crippen LogP contribution >= 0.6 is 0 Å². The summed E-state index contributed by atoms with van der Waals surface area (Å²) in [7, 11) is 0. The van der Waals surface area contributed by atoms with Crippen LogP contribution in [-0.2, 0) is 6.54 Å². The van der Waals surface area contributed by atoms with Crippen LogP contribution in [0, 0.1) is 0 Å². The van der Waals surface area contributed by atoms with Crippen LogP contribution < -0.4 is 11.1 Å². The molecule has 0 amide bonds. The zero-order valence-electron chi connectivity index (χ0n) is 14.0. The number of aliphatic imine (C=N–C) groups is 1. The second-order valence-corrected chi connectivity index (χ2v) is 6.01. The van der Waals surface area contributed by atoms with Gasteiger partial charge in [0, 0.05) is 30.2 Å². The highest BCUT2D eigenvalue weighted by molar-refractivity contribution is 5.94. The van der Waals surface area contributed by atoms with Gasteiger partial charge in [-0.3, -0.25) is 9.98 Å². The molecule has 0 unspecified atom stereocenters. The van der Waals surface area contributed by atoms with Crippen LogP contribution in [0.5, 0.6) is 0 Å². The van der Waals surface area contributed by atoms with Crippen LogP contribution in [0.4, 0.5) is 11.8 Å². The fraction of sp³-hybridized carbons (Fsp3) is 0.222. The van der Waals surface area contributed by atoms with Crippen LogP contribution in [0.3, 0.4) is 0 Å². The summed E-state index contributed by atoms with van der Waals surface area (Å²) in [5.74, 6) is 0.976. The molecule has 0 saturated heterocycles. The normalized spacial score (nSPS) is 13.8. The molecule has 3 aromatic heterocycles. The monoisotopic (exact) mass is 333 g/mol. The Bertz CT molecular complexity index is 970. The van der Waals surface area contributed by atoms with Crippen molar-refractivity contribution < 1.29 is 0 Å². The lowest BCUT2D eigenvalue weighted by atomic mass is 10.3. The molecule has 4 heterocycles. The quantitative estimate of drug-likeness (QED) is 0.748. The summed E-state index contributed by atoms with van der Waals surface area (Å²) in [6, 6.07) is 7.83. The maximum Gasteiger partial charge on any atom is 0.222 e. The van der Waals surface area contributed by atoms with E-state index in [-0.39, 0.29) is 5.95 Å². The number of nitrogens with one attached hydrogen (secondary N) is 1. The van der Waals surface area contributed by atoms with E-state index in [0.717, 1.165) is 40.4 Å². The first-order valence-electron chi connectivity index (χ1n) is 8.18. The SMILES string of the molecule is CC1=CCC(CNc2nc(N)nc3ccn(Cc4ccccn4)c23)=N1. The molecule has 25 heavy (non-hydrogen) atoms. The van der Waals surface area contributed by atoms with Crippen molar-refractivity contribution in [3.8, 4) is 0 Å². The van der Waals surface area contributed by atoms with E-state index in [2.05, 4.69) is 35.9 Å². The summed E-state index contributed by atoms with van der Waals surface area (Å²) in [6.07, 6.45) is 6.77. The molecular weight excluding hydrogens is 314 g/mol. The average Bonchev–Trinajstić information content (AvgIpc) is 3.20. The van der Waals surface area contributed by atoms with Crippen molar-refractivity contribution in [1.82, 2.24) is 19.5 Å². The molecule has 7 heteroatoms. The van der Waals surface area contributed by atoms with Crippen LogP contribution in [0.25, 0.3) is 11.0 Å². The molecule has 0 aromatic carbocycles. The molecule has 0 fully saturated rings. The van der Waals surface area contributed by atoms with E-state index in [0.29, 0.717) is 13.1 Å². The highest BCUT2D eigenvalue weighted by atomic mass is 15.1. The number of nitrogens with two attached hydrogens (primary N) is 1. The lowest BCUT2D eigenvalue weighted by molar-refractivity contribution is 0.806. The highest BCUT2D eigenvalue weighted by Crippen LogP contribution is 2.23. The fourth-order valence-corrected chi connectivity index (χ4v) is 2.95. The summed E-state index contributed by atoms with van der Waals surface area (Å²) < 4.78 is 2.08. The Balaban J connectivity index is 1.65. The Labute approximate surface area is 145 Å². The van der Waals surface area contributed by atoms with Crippen molar-refractivity contribution in [2.75, 3.05) is 17.6 Å². The maximum atomic E-state index is 5.87. The number of nitrogens with zero attached hydrogens (tertiary/aromatic N) is 5. The molecule has 1 aliphatic heterocycles. The molecule has 0 spiro atoms. The number of rotatable bonds is 5. The summed E-state index contributed by atoms with van der Waals surface area (Å²) in [5.41, 5.74) is 10.7. The minimum absolute atomic E-state index is 0.258. The largest absolute Gasteiger partial charge is 0.368 e. The van der Waals surface area contributed by atoms with Gasteiger partial charge in [-0.05, 0) is 25.1 Å². The third kappa shape index (κ3) is 3.21. The molecular formula is C18H19N7. The summed E-state index contributed by atoms with van der Waals surface area (Å²) in [5, 5.41) is 3.37. The summed E-state index contributed by atoms with van der Waals surface area (Å²) in [4.78, 5) is 17.6. The second-order valence-electron chi connectivity index (χ2n) is 6.01. The van der Waals surface area contributed by atoms with Gasteiger partial charge in [-0.1, -0.05) is 12.1 Å². The first kappa shape index (κ1) is 15.3. The minimum atomic E-state index is 0.258. The summed E-state index contributed by atoms with van der Waals surface area (Å²) in [6.45, 7) is 3.29. The smallest absolute Gasteiger partial charge is 0.222 e. The van der Waals surface area contributed by atoms with Crippen LogP contribution in [-0.4, -0.2) is 31.8 Å². The van der Waals surface area contributed by atoms with E-state index in [1.54, 1.807) is 6.20 Å². The Morgan fingerprint density at radius 3 is 2.92 bits per heavy atom. The lowest BCUT2D eigenvalue weighted by Gasteiger charge is -2.11. The minimum Gasteiger partial charge on any atom is -0.368 e. The van der Waals surface area contributed by atoms with Crippen LogP contribution in [0.2, 0.25) is 0 Å². The van der Waals surface area contributed by atoms with E-state index in [1.165, 1.54) is 0 Å². The predicted molar refractivity (Wildman–Crippen MR) is 99.6 cm³/mol. The molecule has 0 aliphatic carbocycles. The molecule has 7 nitrogen and oxygen atoms in total. The van der Waals surface area contributed by atoms with E-state index < -0.39 is 0 Å². The van der Waals surface area contributed by atoms with Gasteiger partial charge in [0.25, 0.3) is 0 Å². The third-order valence-corrected chi connectivity index (χ3v) is 4.11. The third-order valence-electron chi connectivity index (χ3n) is 4.11. The van der Waals surface area contributed by atoms with Crippen molar-refractivity contribution in [2.45, 2.75) is 19.9 Å². The molecule has 4 rings (SSSR count). The topological polar surface area (TPSA) is 94.0 Å². The standard InChI is InChI=1S/C18H19N7/c1-12-5-6-13(22-12)10-21-17-16-15(23-18(19)24-17)7-9-25(16)11-14-4-2-3-8-20-14/h2-5,7-9H,6,10-11H2,1H3,(H3,19,21,23,24). The Morgan fingerprint density at radius 2 is 2.16 bits per heavy atom. The van der Waals surface area contributed by atoms with Gasteiger partial charge in [-0.25, -0.2) is 4.98 Å². The van der Waals surface area contributed by atoms with Gasteiger partial charge in [0.2, 0.25) is 5.95 Å². The Kier molecular flexibility index (Phi) is 3.89. The van der Waals surface area contributed by atoms with Crippen molar-refractivity contribution in [2.24, 2.45) is 4.99 Å². The number of hydrogen-bond acceptors (Lipinski definition) is 6.